The minimum Gasteiger partial charge on any atom is -0.480 e. The Hall–Kier alpha value is -2.97. The van der Waals surface area contributed by atoms with Crippen molar-refractivity contribution >= 4 is 29.7 Å². The second-order valence-electron chi connectivity index (χ2n) is 8.05. The summed E-state index contributed by atoms with van der Waals surface area (Å²) in [6, 6.07) is -5.13. The van der Waals surface area contributed by atoms with Crippen molar-refractivity contribution in [2.75, 3.05) is 13.2 Å². The van der Waals surface area contributed by atoms with Crippen LogP contribution in [-0.2, 0) is 19.2 Å². The Labute approximate surface area is 192 Å². The fourth-order valence-corrected chi connectivity index (χ4v) is 2.74. The lowest BCUT2D eigenvalue weighted by atomic mass is 10.0. The van der Waals surface area contributed by atoms with Crippen LogP contribution in [0.5, 0.6) is 0 Å². The molecule has 14 heteroatoms. The number of nitrogens with two attached hydrogens (primary N) is 3. The predicted molar refractivity (Wildman–Crippen MR) is 120 cm³/mol. The molecule has 12 N–H and O–H groups in total. The summed E-state index contributed by atoms with van der Waals surface area (Å²) < 4.78 is 0. The van der Waals surface area contributed by atoms with Gasteiger partial charge in [-0.25, -0.2) is 4.79 Å². The second kappa shape index (κ2) is 15.0. The van der Waals surface area contributed by atoms with Crippen LogP contribution < -0.4 is 33.2 Å². The molecule has 5 unspecified atom stereocenters. The number of carbonyl (C=O) groups is 4. The summed E-state index contributed by atoms with van der Waals surface area (Å²) in [5.41, 5.74) is 16.3. The zero-order valence-electron chi connectivity index (χ0n) is 19.2. The normalized spacial score (nSPS) is 15.5. The number of aliphatic imine (C=N–C) groups is 1. The van der Waals surface area contributed by atoms with E-state index < -0.39 is 60.6 Å². The monoisotopic (exact) mass is 475 g/mol. The van der Waals surface area contributed by atoms with E-state index in [1.165, 1.54) is 6.92 Å². The molecule has 0 fully saturated rings. The average molecular weight is 476 g/mol. The molecule has 14 nitrogen and oxygen atoms in total. The number of nitrogens with zero attached hydrogens (tertiary/aromatic N) is 1. The first-order valence-corrected chi connectivity index (χ1v) is 10.5. The molecule has 0 spiro atoms. The highest BCUT2D eigenvalue weighted by molar-refractivity contribution is 5.94. The third-order valence-electron chi connectivity index (χ3n) is 4.50. The van der Waals surface area contributed by atoms with Crippen LogP contribution in [0.1, 0.15) is 40.0 Å². The van der Waals surface area contributed by atoms with Gasteiger partial charge in [0.2, 0.25) is 17.7 Å². The zero-order chi connectivity index (χ0) is 25.7. The van der Waals surface area contributed by atoms with Crippen molar-refractivity contribution in [2.45, 2.75) is 70.3 Å². The van der Waals surface area contributed by atoms with Crippen LogP contribution >= 0.6 is 0 Å². The van der Waals surface area contributed by atoms with Crippen molar-refractivity contribution in [3.8, 4) is 0 Å². The first-order chi connectivity index (χ1) is 15.3. The molecule has 0 aromatic heterocycles. The Balaban J connectivity index is 5.23. The Morgan fingerprint density at radius 1 is 0.939 bits per heavy atom. The maximum atomic E-state index is 12.8. The number of guanidine groups is 1. The summed E-state index contributed by atoms with van der Waals surface area (Å²) in [6.07, 6.45) is -0.487. The van der Waals surface area contributed by atoms with Crippen LogP contribution in [-0.4, -0.2) is 88.4 Å². The van der Waals surface area contributed by atoms with E-state index >= 15 is 0 Å². The van der Waals surface area contributed by atoms with Gasteiger partial charge in [0.15, 0.2) is 5.96 Å². The van der Waals surface area contributed by atoms with Crippen LogP contribution in [0.2, 0.25) is 0 Å². The number of hydrogen-bond acceptors (Lipinski definition) is 8. The number of aliphatic hydroxyl groups is 2. The summed E-state index contributed by atoms with van der Waals surface area (Å²) in [5, 5.41) is 34.9. The summed E-state index contributed by atoms with van der Waals surface area (Å²) >= 11 is 0. The summed E-state index contributed by atoms with van der Waals surface area (Å²) in [7, 11) is 0. The van der Waals surface area contributed by atoms with Crippen molar-refractivity contribution < 1.29 is 34.5 Å². The van der Waals surface area contributed by atoms with Crippen LogP contribution in [0, 0.1) is 5.92 Å². The number of carbonyl (C=O) groups excluding carboxylic acids is 3. The molecule has 0 aliphatic rings. The third-order valence-corrected chi connectivity index (χ3v) is 4.50. The minimum absolute atomic E-state index is 0.0243. The Morgan fingerprint density at radius 2 is 1.52 bits per heavy atom. The first-order valence-electron chi connectivity index (χ1n) is 10.5. The van der Waals surface area contributed by atoms with Gasteiger partial charge in [0.1, 0.15) is 18.1 Å². The van der Waals surface area contributed by atoms with Crippen molar-refractivity contribution in [1.29, 1.82) is 0 Å². The van der Waals surface area contributed by atoms with E-state index in [0.717, 1.165) is 0 Å². The van der Waals surface area contributed by atoms with Crippen LogP contribution in [0.4, 0.5) is 0 Å². The molecule has 190 valence electrons. The summed E-state index contributed by atoms with van der Waals surface area (Å²) in [4.78, 5) is 52.5. The molecular formula is C19H37N7O7. The molecule has 0 heterocycles. The standard InChI is InChI=1S/C19H37N7O7/c1-9(2)7-12(24-15(29)11(20)5-4-6-23-19(21)22)16(30)26-14(10(3)28)17(31)25-13(8-27)18(32)33/h9-14,27-28H,4-8,20H2,1-3H3,(H,24,29)(H,25,31)(H,26,30)(H,32,33)(H4,21,22,23). The van der Waals surface area contributed by atoms with E-state index in [1.54, 1.807) is 0 Å². The van der Waals surface area contributed by atoms with Crippen LogP contribution in [0.15, 0.2) is 4.99 Å². The Morgan fingerprint density at radius 3 is 1.97 bits per heavy atom. The minimum atomic E-state index is -1.61. The van der Waals surface area contributed by atoms with Gasteiger partial charge in [0.25, 0.3) is 0 Å². The molecule has 0 bridgehead atoms. The lowest BCUT2D eigenvalue weighted by molar-refractivity contribution is -0.144. The van der Waals surface area contributed by atoms with Gasteiger partial charge in [-0.15, -0.1) is 0 Å². The molecular weight excluding hydrogens is 438 g/mol. The highest BCUT2D eigenvalue weighted by atomic mass is 16.4. The lowest BCUT2D eigenvalue weighted by Gasteiger charge is -2.27. The Kier molecular flexibility index (Phi) is 13.6. The largest absolute Gasteiger partial charge is 0.480 e. The van der Waals surface area contributed by atoms with Crippen LogP contribution in [0.25, 0.3) is 0 Å². The van der Waals surface area contributed by atoms with E-state index in [1.807, 2.05) is 19.2 Å². The lowest BCUT2D eigenvalue weighted by Crippen LogP contribution is -2.60. The number of aliphatic carboxylic acids is 1. The van der Waals surface area contributed by atoms with Gasteiger partial charge in [-0.05, 0) is 32.1 Å². The van der Waals surface area contributed by atoms with E-state index in [9.17, 15) is 24.3 Å². The fourth-order valence-electron chi connectivity index (χ4n) is 2.74. The second-order valence-corrected chi connectivity index (χ2v) is 8.05. The van der Waals surface area contributed by atoms with Gasteiger partial charge in [-0.3, -0.25) is 19.4 Å². The van der Waals surface area contributed by atoms with Crippen molar-refractivity contribution in [1.82, 2.24) is 16.0 Å². The SMILES string of the molecule is CC(C)CC(NC(=O)C(N)CCCN=C(N)N)C(=O)NC(C(=O)NC(CO)C(=O)O)C(C)O. The highest BCUT2D eigenvalue weighted by Gasteiger charge is 2.32. The molecule has 5 atom stereocenters. The molecule has 33 heavy (non-hydrogen) atoms. The number of amides is 3. The number of carboxylic acid groups (broad SMARTS) is 1. The molecule has 0 aromatic carbocycles. The van der Waals surface area contributed by atoms with Crippen LogP contribution in [0.3, 0.4) is 0 Å². The molecule has 0 saturated carbocycles. The zero-order valence-corrected chi connectivity index (χ0v) is 19.2. The van der Waals surface area contributed by atoms with Gasteiger partial charge in [0.05, 0.1) is 18.8 Å². The van der Waals surface area contributed by atoms with Gasteiger partial charge in [0, 0.05) is 6.54 Å². The van der Waals surface area contributed by atoms with Gasteiger partial charge < -0.3 is 48.5 Å². The summed E-state index contributed by atoms with van der Waals surface area (Å²) in [5.74, 6) is -3.95. The van der Waals surface area contributed by atoms with Crippen molar-refractivity contribution in [2.24, 2.45) is 28.1 Å². The van der Waals surface area contributed by atoms with E-state index in [4.69, 9.17) is 27.4 Å². The smallest absolute Gasteiger partial charge is 0.328 e. The average Bonchev–Trinajstić information content (AvgIpc) is 2.71. The summed E-state index contributed by atoms with van der Waals surface area (Å²) in [6.45, 7) is 4.27. The molecule has 0 saturated heterocycles. The first kappa shape index (κ1) is 30.0. The number of hydrogen-bond donors (Lipinski definition) is 9. The third kappa shape index (κ3) is 12.0. The quantitative estimate of drug-likeness (QED) is 0.0636. The van der Waals surface area contributed by atoms with E-state index in [-0.39, 0.29) is 31.3 Å². The molecule has 0 rings (SSSR count). The molecule has 3 amide bonds. The number of rotatable bonds is 15. The van der Waals surface area contributed by atoms with Crippen molar-refractivity contribution in [3.63, 3.8) is 0 Å². The fraction of sp³-hybridized carbons (Fsp3) is 0.737. The van der Waals surface area contributed by atoms with Crippen molar-refractivity contribution in [3.05, 3.63) is 0 Å². The van der Waals surface area contributed by atoms with Gasteiger partial charge in [-0.2, -0.15) is 0 Å². The molecule has 0 aliphatic carbocycles. The molecule has 0 aromatic rings. The maximum absolute atomic E-state index is 12.8. The molecule has 0 radical (unpaired) electrons. The van der Waals surface area contributed by atoms with E-state index in [0.29, 0.717) is 6.42 Å². The number of nitrogens with one attached hydrogen (secondary N) is 3. The topological polar surface area (TPSA) is 255 Å². The maximum Gasteiger partial charge on any atom is 0.328 e. The van der Waals surface area contributed by atoms with Gasteiger partial charge >= 0.3 is 5.97 Å². The number of aliphatic hydroxyl groups excluding tert-OH is 2. The Bertz CT molecular complexity index is 696. The van der Waals surface area contributed by atoms with E-state index in [2.05, 4.69) is 15.6 Å². The van der Waals surface area contributed by atoms with Gasteiger partial charge in [-0.1, -0.05) is 13.8 Å². The highest BCUT2D eigenvalue weighted by Crippen LogP contribution is 2.07. The number of carboxylic acids is 1. The molecule has 0 aliphatic heterocycles. The predicted octanol–water partition coefficient (Wildman–Crippen LogP) is -3.67.